The summed E-state index contributed by atoms with van der Waals surface area (Å²) in [5, 5.41) is 3.50. The molecule has 1 aromatic carbocycles. The Kier molecular flexibility index (Phi) is 3.42. The van der Waals surface area contributed by atoms with E-state index < -0.39 is 0 Å². The zero-order valence-corrected chi connectivity index (χ0v) is 11.1. The number of rotatable bonds is 5. The van der Waals surface area contributed by atoms with E-state index in [1.165, 1.54) is 18.4 Å². The number of primary amides is 1. The fourth-order valence-electron chi connectivity index (χ4n) is 2.73. The van der Waals surface area contributed by atoms with Gasteiger partial charge in [-0.3, -0.25) is 4.79 Å². The maximum Gasteiger partial charge on any atom is 0.240 e. The van der Waals surface area contributed by atoms with Crippen LogP contribution in [-0.2, 0) is 11.3 Å². The number of carbonyl (C=O) groups is 1. The van der Waals surface area contributed by atoms with Gasteiger partial charge in [0.2, 0.25) is 5.91 Å². The van der Waals surface area contributed by atoms with Crippen molar-refractivity contribution in [3.8, 4) is 0 Å². The van der Waals surface area contributed by atoms with Gasteiger partial charge in [0.25, 0.3) is 0 Å². The molecule has 3 N–H and O–H groups in total. The van der Waals surface area contributed by atoms with Gasteiger partial charge in [0.05, 0.1) is 0 Å². The number of amides is 1. The highest BCUT2D eigenvalue weighted by Gasteiger charge is 2.29. The average Bonchev–Trinajstić information content (AvgIpc) is 3.11. The normalized spacial score (nSPS) is 22.7. The molecule has 3 rings (SSSR count). The van der Waals surface area contributed by atoms with E-state index in [2.05, 4.69) is 34.5 Å². The van der Waals surface area contributed by atoms with Gasteiger partial charge in [0, 0.05) is 24.8 Å². The van der Waals surface area contributed by atoms with E-state index in [1.807, 2.05) is 0 Å². The molecule has 0 spiro atoms. The van der Waals surface area contributed by atoms with Gasteiger partial charge in [-0.25, -0.2) is 0 Å². The van der Waals surface area contributed by atoms with Crippen molar-refractivity contribution in [3.05, 3.63) is 29.8 Å². The number of nitrogens with one attached hydrogen (secondary N) is 1. The summed E-state index contributed by atoms with van der Waals surface area (Å²) in [6.45, 7) is 1.86. The van der Waals surface area contributed by atoms with Crippen LogP contribution in [0.15, 0.2) is 24.3 Å². The number of carbonyl (C=O) groups excluding carboxylic acids is 1. The molecule has 1 saturated heterocycles. The lowest BCUT2D eigenvalue weighted by Crippen LogP contribution is -2.40. The second kappa shape index (κ2) is 5.21. The number of nitrogens with two attached hydrogens (primary N) is 1. The Hall–Kier alpha value is -1.55. The van der Waals surface area contributed by atoms with Gasteiger partial charge < -0.3 is 16.0 Å². The second-order valence-electron chi connectivity index (χ2n) is 5.58. The van der Waals surface area contributed by atoms with Crippen molar-refractivity contribution in [2.24, 2.45) is 5.73 Å². The fourth-order valence-corrected chi connectivity index (χ4v) is 2.73. The van der Waals surface area contributed by atoms with Crippen molar-refractivity contribution in [1.29, 1.82) is 0 Å². The molecule has 1 heterocycles. The highest BCUT2D eigenvalue weighted by atomic mass is 16.1. The molecule has 0 aromatic heterocycles. The van der Waals surface area contributed by atoms with Gasteiger partial charge in [0.15, 0.2) is 0 Å². The van der Waals surface area contributed by atoms with Crippen molar-refractivity contribution < 1.29 is 4.79 Å². The van der Waals surface area contributed by atoms with Crippen LogP contribution in [0.5, 0.6) is 0 Å². The molecule has 1 amide bonds. The number of benzene rings is 1. The van der Waals surface area contributed by atoms with Crippen LogP contribution in [0.1, 0.15) is 31.2 Å². The molecular weight excluding hydrogens is 238 g/mol. The molecule has 1 saturated carbocycles. The minimum Gasteiger partial charge on any atom is -0.368 e. The van der Waals surface area contributed by atoms with Crippen molar-refractivity contribution in [2.45, 2.75) is 44.3 Å². The minimum absolute atomic E-state index is 0.129. The van der Waals surface area contributed by atoms with Crippen LogP contribution < -0.4 is 16.0 Å². The Morgan fingerprint density at radius 1 is 1.26 bits per heavy atom. The van der Waals surface area contributed by atoms with Crippen LogP contribution in [0.4, 0.5) is 5.69 Å². The van der Waals surface area contributed by atoms with E-state index in [-0.39, 0.29) is 11.9 Å². The SMILES string of the molecule is NC(=O)C1CCCN1c1ccc(CNC2CC2)cc1. The van der Waals surface area contributed by atoms with Gasteiger partial charge in [-0.2, -0.15) is 0 Å². The first kappa shape index (κ1) is 12.5. The number of hydrogen-bond acceptors (Lipinski definition) is 3. The molecule has 102 valence electrons. The summed E-state index contributed by atoms with van der Waals surface area (Å²) < 4.78 is 0. The maximum absolute atomic E-state index is 11.4. The van der Waals surface area contributed by atoms with E-state index in [9.17, 15) is 4.79 Å². The predicted molar refractivity (Wildman–Crippen MR) is 75.9 cm³/mol. The summed E-state index contributed by atoms with van der Waals surface area (Å²) in [5.41, 5.74) is 7.86. The molecule has 2 aliphatic rings. The van der Waals surface area contributed by atoms with Crippen LogP contribution in [0.2, 0.25) is 0 Å². The number of nitrogens with zero attached hydrogens (tertiary/aromatic N) is 1. The zero-order valence-electron chi connectivity index (χ0n) is 11.1. The first-order chi connectivity index (χ1) is 9.24. The van der Waals surface area contributed by atoms with Crippen molar-refractivity contribution in [2.75, 3.05) is 11.4 Å². The van der Waals surface area contributed by atoms with Crippen LogP contribution >= 0.6 is 0 Å². The number of anilines is 1. The first-order valence-electron chi connectivity index (χ1n) is 7.12. The van der Waals surface area contributed by atoms with Crippen LogP contribution in [0.3, 0.4) is 0 Å². The Bertz CT molecular complexity index is 453. The summed E-state index contributed by atoms with van der Waals surface area (Å²) >= 11 is 0. The third-order valence-corrected chi connectivity index (χ3v) is 4.02. The van der Waals surface area contributed by atoms with E-state index in [0.717, 1.165) is 37.7 Å². The lowest BCUT2D eigenvalue weighted by Gasteiger charge is -2.24. The van der Waals surface area contributed by atoms with Crippen LogP contribution in [0.25, 0.3) is 0 Å². The third kappa shape index (κ3) is 2.89. The highest BCUT2D eigenvalue weighted by molar-refractivity contribution is 5.84. The predicted octanol–water partition coefficient (Wildman–Crippen LogP) is 1.39. The summed E-state index contributed by atoms with van der Waals surface area (Å²) in [6.07, 6.45) is 4.54. The van der Waals surface area contributed by atoms with Gasteiger partial charge in [0.1, 0.15) is 6.04 Å². The minimum atomic E-state index is -0.211. The zero-order chi connectivity index (χ0) is 13.2. The fraction of sp³-hybridized carbons (Fsp3) is 0.533. The Labute approximate surface area is 114 Å². The van der Waals surface area contributed by atoms with Crippen LogP contribution in [-0.4, -0.2) is 24.5 Å². The summed E-state index contributed by atoms with van der Waals surface area (Å²) in [7, 11) is 0. The molecule has 1 aromatic rings. The molecule has 0 radical (unpaired) electrons. The molecule has 19 heavy (non-hydrogen) atoms. The van der Waals surface area contributed by atoms with Crippen LogP contribution in [0, 0.1) is 0 Å². The Balaban J connectivity index is 1.65. The molecule has 1 atom stereocenters. The molecule has 1 aliphatic carbocycles. The summed E-state index contributed by atoms with van der Waals surface area (Å²) in [4.78, 5) is 13.5. The van der Waals surface area contributed by atoms with Crippen molar-refractivity contribution >= 4 is 11.6 Å². The van der Waals surface area contributed by atoms with E-state index >= 15 is 0 Å². The lowest BCUT2D eigenvalue weighted by atomic mass is 10.1. The molecule has 4 heteroatoms. The first-order valence-corrected chi connectivity index (χ1v) is 7.12. The largest absolute Gasteiger partial charge is 0.368 e. The van der Waals surface area contributed by atoms with E-state index in [0.29, 0.717) is 0 Å². The summed E-state index contributed by atoms with van der Waals surface area (Å²) in [6, 6.07) is 9.09. The van der Waals surface area contributed by atoms with Crippen molar-refractivity contribution in [1.82, 2.24) is 5.32 Å². The molecule has 4 nitrogen and oxygen atoms in total. The quantitative estimate of drug-likeness (QED) is 0.840. The topological polar surface area (TPSA) is 58.4 Å². The maximum atomic E-state index is 11.4. The van der Waals surface area contributed by atoms with Gasteiger partial charge in [-0.15, -0.1) is 0 Å². The van der Waals surface area contributed by atoms with Gasteiger partial charge >= 0.3 is 0 Å². The Morgan fingerprint density at radius 3 is 2.63 bits per heavy atom. The van der Waals surface area contributed by atoms with Gasteiger partial charge in [-0.05, 0) is 43.4 Å². The molecule has 2 fully saturated rings. The van der Waals surface area contributed by atoms with Crippen molar-refractivity contribution in [3.63, 3.8) is 0 Å². The number of hydrogen-bond donors (Lipinski definition) is 2. The smallest absolute Gasteiger partial charge is 0.240 e. The highest BCUT2D eigenvalue weighted by Crippen LogP contribution is 2.26. The average molecular weight is 259 g/mol. The lowest BCUT2D eigenvalue weighted by molar-refractivity contribution is -0.119. The molecule has 1 aliphatic heterocycles. The van der Waals surface area contributed by atoms with E-state index in [1.54, 1.807) is 0 Å². The monoisotopic (exact) mass is 259 g/mol. The van der Waals surface area contributed by atoms with Gasteiger partial charge in [-0.1, -0.05) is 12.1 Å². The Morgan fingerprint density at radius 2 is 2.00 bits per heavy atom. The molecular formula is C15H21N3O. The summed E-state index contributed by atoms with van der Waals surface area (Å²) in [5.74, 6) is -0.211. The molecule has 1 unspecified atom stereocenters. The third-order valence-electron chi connectivity index (χ3n) is 4.02. The second-order valence-corrected chi connectivity index (χ2v) is 5.58. The standard InChI is InChI=1S/C15H21N3O/c16-15(19)14-2-1-9-18(14)13-7-3-11(4-8-13)10-17-12-5-6-12/h3-4,7-8,12,14,17H,1-2,5-6,9-10H2,(H2,16,19). The van der Waals surface area contributed by atoms with E-state index in [4.69, 9.17) is 5.73 Å². The molecule has 0 bridgehead atoms.